The summed E-state index contributed by atoms with van der Waals surface area (Å²) < 4.78 is 13.0. The third-order valence-corrected chi connectivity index (χ3v) is 5.25. The van der Waals surface area contributed by atoms with Gasteiger partial charge in [-0.3, -0.25) is 4.79 Å². The number of methoxy groups -OCH3 is 1. The van der Waals surface area contributed by atoms with Crippen molar-refractivity contribution in [2.45, 2.75) is 25.7 Å². The molecule has 0 radical (unpaired) electrons. The molecule has 29 heavy (non-hydrogen) atoms. The number of aromatic nitrogens is 2. The number of fused-ring (bicyclic) bond motifs is 1. The smallest absolute Gasteiger partial charge is 0.225 e. The zero-order chi connectivity index (χ0) is 20.2. The molecule has 1 aromatic carbocycles. The maximum Gasteiger partial charge on any atom is 0.225 e. The number of imidazole rings is 1. The second-order valence-electron chi connectivity index (χ2n) is 7.23. The minimum absolute atomic E-state index is 0.161. The molecule has 2 N–H and O–H groups in total. The number of piperidine rings is 1. The van der Waals surface area contributed by atoms with Gasteiger partial charge in [0.1, 0.15) is 5.75 Å². The Labute approximate surface area is 170 Å². The summed E-state index contributed by atoms with van der Waals surface area (Å²) in [5.41, 5.74) is 9.00. The second-order valence-corrected chi connectivity index (χ2v) is 7.23. The highest BCUT2D eigenvalue weighted by atomic mass is 16.5. The summed E-state index contributed by atoms with van der Waals surface area (Å²) in [6, 6.07) is 9.38. The van der Waals surface area contributed by atoms with Gasteiger partial charge in [0.2, 0.25) is 5.91 Å². The Hall–Kier alpha value is -3.22. The fraction of sp³-hybridized carbons (Fsp3) is 0.364. The molecule has 0 saturated carbocycles. The molecule has 7 heteroatoms. The molecule has 4 rings (SSSR count). The molecule has 3 heterocycles. The average Bonchev–Trinajstić information content (AvgIpc) is 3.19. The summed E-state index contributed by atoms with van der Waals surface area (Å²) in [5, 5.41) is 0. The largest absolute Gasteiger partial charge is 0.495 e. The van der Waals surface area contributed by atoms with Crippen LogP contribution >= 0.6 is 0 Å². The summed E-state index contributed by atoms with van der Waals surface area (Å²) in [6.45, 7) is 2.07. The van der Waals surface area contributed by atoms with Gasteiger partial charge >= 0.3 is 0 Å². The summed E-state index contributed by atoms with van der Waals surface area (Å²) in [7, 11) is 1.59. The fourth-order valence-corrected chi connectivity index (χ4v) is 3.68. The second kappa shape index (κ2) is 8.43. The highest BCUT2D eigenvalue weighted by Crippen LogP contribution is 2.29. The summed E-state index contributed by atoms with van der Waals surface area (Å²) in [4.78, 5) is 19.0. The Bertz CT molecular complexity index is 1010. The molecule has 1 aliphatic rings. The van der Waals surface area contributed by atoms with Crippen LogP contribution in [0, 0.1) is 0 Å². The average molecular weight is 394 g/mol. The van der Waals surface area contributed by atoms with Crippen LogP contribution in [-0.4, -0.2) is 47.0 Å². The Morgan fingerprint density at radius 2 is 2.00 bits per heavy atom. The van der Waals surface area contributed by atoms with Crippen molar-refractivity contribution >= 4 is 17.2 Å². The Kier molecular flexibility index (Phi) is 5.55. The molecule has 1 aliphatic heterocycles. The molecule has 3 aromatic rings. The minimum Gasteiger partial charge on any atom is -0.495 e. The molecular formula is C22H26N4O3. The van der Waals surface area contributed by atoms with Crippen molar-refractivity contribution in [1.29, 1.82) is 0 Å². The van der Waals surface area contributed by atoms with E-state index in [1.807, 2.05) is 52.0 Å². The standard InChI is InChI=1S/C22H26N4O3/c1-28-19-8-7-16(14-17(19)23)18-15-26-12-5-6-20(22(26)24-18)29-13-9-21(27)25-10-3-2-4-11-25/h5-8,12,14-15H,2-4,9-11,13,23H2,1H3. The van der Waals surface area contributed by atoms with Crippen molar-refractivity contribution < 1.29 is 14.3 Å². The van der Waals surface area contributed by atoms with Gasteiger partial charge in [-0.2, -0.15) is 0 Å². The summed E-state index contributed by atoms with van der Waals surface area (Å²) in [6.07, 6.45) is 7.64. The van der Waals surface area contributed by atoms with Gasteiger partial charge in [0.15, 0.2) is 11.4 Å². The number of anilines is 1. The molecule has 1 amide bonds. The number of carbonyl (C=O) groups is 1. The molecule has 1 saturated heterocycles. The predicted octanol–water partition coefficient (Wildman–Crippen LogP) is 3.37. The zero-order valence-electron chi connectivity index (χ0n) is 16.6. The Morgan fingerprint density at radius 3 is 2.76 bits per heavy atom. The molecule has 7 nitrogen and oxygen atoms in total. The first-order valence-electron chi connectivity index (χ1n) is 9.98. The van der Waals surface area contributed by atoms with E-state index < -0.39 is 0 Å². The van der Waals surface area contributed by atoms with E-state index in [0.717, 1.165) is 37.2 Å². The number of amides is 1. The van der Waals surface area contributed by atoms with Crippen molar-refractivity contribution in [2.75, 3.05) is 32.5 Å². The van der Waals surface area contributed by atoms with Gasteiger partial charge in [-0.25, -0.2) is 4.98 Å². The van der Waals surface area contributed by atoms with E-state index >= 15 is 0 Å². The lowest BCUT2D eigenvalue weighted by atomic mass is 10.1. The van der Waals surface area contributed by atoms with Crippen LogP contribution in [0.1, 0.15) is 25.7 Å². The van der Waals surface area contributed by atoms with Gasteiger partial charge in [0.05, 0.1) is 31.5 Å². The van der Waals surface area contributed by atoms with Crippen LogP contribution in [0.2, 0.25) is 0 Å². The third-order valence-electron chi connectivity index (χ3n) is 5.25. The van der Waals surface area contributed by atoms with Gasteiger partial charge < -0.3 is 24.5 Å². The van der Waals surface area contributed by atoms with Crippen LogP contribution in [0.3, 0.4) is 0 Å². The molecule has 0 spiro atoms. The number of nitrogens with zero attached hydrogens (tertiary/aromatic N) is 3. The molecule has 0 aliphatic carbocycles. The molecule has 152 valence electrons. The molecule has 2 aromatic heterocycles. The number of ether oxygens (including phenoxy) is 2. The first-order chi connectivity index (χ1) is 14.2. The van der Waals surface area contributed by atoms with E-state index in [-0.39, 0.29) is 5.91 Å². The lowest BCUT2D eigenvalue weighted by Gasteiger charge is -2.26. The van der Waals surface area contributed by atoms with Gasteiger partial charge in [-0.1, -0.05) is 0 Å². The van der Waals surface area contributed by atoms with Crippen LogP contribution in [0.15, 0.2) is 42.7 Å². The zero-order valence-corrected chi connectivity index (χ0v) is 16.6. The van der Waals surface area contributed by atoms with Crippen LogP contribution in [0.25, 0.3) is 16.9 Å². The number of nitrogens with two attached hydrogens (primary N) is 1. The van der Waals surface area contributed by atoms with Gasteiger partial charge in [-0.05, 0) is 49.6 Å². The SMILES string of the molecule is COc1ccc(-c2cn3cccc(OCCC(=O)N4CCCCC4)c3n2)cc1N. The third kappa shape index (κ3) is 4.13. The van der Waals surface area contributed by atoms with Crippen molar-refractivity contribution in [3.05, 3.63) is 42.7 Å². The number of hydrogen-bond donors (Lipinski definition) is 1. The van der Waals surface area contributed by atoms with Gasteiger partial charge in [0.25, 0.3) is 0 Å². The quantitative estimate of drug-likeness (QED) is 0.648. The number of pyridine rings is 1. The highest BCUT2D eigenvalue weighted by molar-refractivity contribution is 5.76. The first kappa shape index (κ1) is 19.1. The predicted molar refractivity (Wildman–Crippen MR) is 112 cm³/mol. The first-order valence-corrected chi connectivity index (χ1v) is 9.98. The lowest BCUT2D eigenvalue weighted by Crippen LogP contribution is -2.36. The van der Waals surface area contributed by atoms with Crippen LogP contribution in [-0.2, 0) is 4.79 Å². The topological polar surface area (TPSA) is 82.1 Å². The number of rotatable bonds is 6. The number of nitrogen functional groups attached to an aromatic ring is 1. The normalized spacial score (nSPS) is 14.2. The number of benzene rings is 1. The van der Waals surface area contributed by atoms with Crippen molar-refractivity contribution in [3.8, 4) is 22.8 Å². The van der Waals surface area contributed by atoms with Crippen LogP contribution in [0.4, 0.5) is 5.69 Å². The van der Waals surface area contributed by atoms with E-state index in [1.165, 1.54) is 6.42 Å². The molecule has 0 atom stereocenters. The summed E-state index contributed by atoms with van der Waals surface area (Å²) in [5.74, 6) is 1.46. The van der Waals surface area contributed by atoms with E-state index in [4.69, 9.17) is 20.2 Å². The van der Waals surface area contributed by atoms with Gasteiger partial charge in [-0.15, -0.1) is 0 Å². The Morgan fingerprint density at radius 1 is 1.17 bits per heavy atom. The molecule has 1 fully saturated rings. The van der Waals surface area contributed by atoms with Crippen LogP contribution < -0.4 is 15.2 Å². The van der Waals surface area contributed by atoms with Crippen molar-refractivity contribution in [1.82, 2.24) is 14.3 Å². The summed E-state index contributed by atoms with van der Waals surface area (Å²) >= 11 is 0. The van der Waals surface area contributed by atoms with Crippen molar-refractivity contribution in [2.24, 2.45) is 0 Å². The number of carbonyl (C=O) groups excluding carboxylic acids is 1. The lowest BCUT2D eigenvalue weighted by molar-refractivity contribution is -0.132. The number of likely N-dealkylation sites (tertiary alicyclic amines) is 1. The molecular weight excluding hydrogens is 368 g/mol. The maximum absolute atomic E-state index is 12.3. The van der Waals surface area contributed by atoms with E-state index in [9.17, 15) is 4.79 Å². The van der Waals surface area contributed by atoms with Crippen LogP contribution in [0.5, 0.6) is 11.5 Å². The minimum atomic E-state index is 0.161. The fourth-order valence-electron chi connectivity index (χ4n) is 3.68. The molecule has 0 unspecified atom stereocenters. The van der Waals surface area contributed by atoms with E-state index in [2.05, 4.69) is 0 Å². The number of hydrogen-bond acceptors (Lipinski definition) is 5. The Balaban J connectivity index is 1.48. The maximum atomic E-state index is 12.3. The van der Waals surface area contributed by atoms with E-state index in [1.54, 1.807) is 7.11 Å². The van der Waals surface area contributed by atoms with E-state index in [0.29, 0.717) is 35.9 Å². The monoisotopic (exact) mass is 394 g/mol. The van der Waals surface area contributed by atoms with Crippen molar-refractivity contribution in [3.63, 3.8) is 0 Å². The molecule has 0 bridgehead atoms. The highest BCUT2D eigenvalue weighted by Gasteiger charge is 2.17. The van der Waals surface area contributed by atoms with Gasteiger partial charge in [0, 0.05) is 31.0 Å².